The molecule has 0 amide bonds. The van der Waals surface area contributed by atoms with Crippen LogP contribution in [0.2, 0.25) is 0 Å². The van der Waals surface area contributed by atoms with Crippen molar-refractivity contribution in [3.63, 3.8) is 0 Å². The second-order valence-electron chi connectivity index (χ2n) is 5.09. The zero-order chi connectivity index (χ0) is 15.4. The molecule has 0 aliphatic carbocycles. The molecule has 0 fully saturated rings. The summed E-state index contributed by atoms with van der Waals surface area (Å²) in [6.07, 6.45) is 0. The number of benzene rings is 2. The first-order valence-electron chi connectivity index (χ1n) is 7.08. The molecule has 3 rings (SSSR count). The number of nitrogens with zero attached hydrogens (tertiary/aromatic N) is 2. The molecule has 0 saturated heterocycles. The largest absolute Gasteiger partial charge is 0.392 e. The maximum absolute atomic E-state index is 9.13. The second kappa shape index (κ2) is 6.41. The van der Waals surface area contributed by atoms with Gasteiger partial charge in [0.15, 0.2) is 0 Å². The van der Waals surface area contributed by atoms with Crippen LogP contribution in [0.1, 0.15) is 17.0 Å². The van der Waals surface area contributed by atoms with Gasteiger partial charge in [0.05, 0.1) is 13.2 Å². The Bertz CT molecular complexity index is 751. The van der Waals surface area contributed by atoms with Gasteiger partial charge in [-0.15, -0.1) is 0 Å². The average Bonchev–Trinajstić information content (AvgIpc) is 3.03. The summed E-state index contributed by atoms with van der Waals surface area (Å²) in [5.74, 6) is 1.10. The zero-order valence-electron chi connectivity index (χ0n) is 12.3. The summed E-state index contributed by atoms with van der Waals surface area (Å²) in [7, 11) is 0. The second-order valence-corrected chi connectivity index (χ2v) is 5.09. The van der Waals surface area contributed by atoms with E-state index >= 15 is 0 Å². The number of aliphatic hydroxyl groups is 1. The molecule has 3 aromatic rings. The van der Waals surface area contributed by atoms with Gasteiger partial charge in [-0.25, -0.2) is 0 Å². The molecule has 0 saturated carbocycles. The Kier molecular flexibility index (Phi) is 4.16. The lowest BCUT2D eigenvalue weighted by Crippen LogP contribution is -2.00. The molecule has 5 nitrogen and oxygen atoms in total. The summed E-state index contributed by atoms with van der Waals surface area (Å²) in [4.78, 5) is 4.38. The van der Waals surface area contributed by atoms with Crippen molar-refractivity contribution in [3.8, 4) is 11.4 Å². The van der Waals surface area contributed by atoms with Crippen molar-refractivity contribution < 1.29 is 9.63 Å². The predicted molar refractivity (Wildman–Crippen MR) is 84.2 cm³/mol. The highest BCUT2D eigenvalue weighted by atomic mass is 16.5. The van der Waals surface area contributed by atoms with E-state index in [2.05, 4.69) is 15.5 Å². The van der Waals surface area contributed by atoms with Gasteiger partial charge in [0, 0.05) is 11.3 Å². The standard InChI is InChI=1S/C17H17N3O2/c1-12-5-7-14(8-6-12)17-19-16(22-20-17)10-18-15-4-2-3-13(9-15)11-21/h2-9,18,21H,10-11H2,1H3. The van der Waals surface area contributed by atoms with Crippen LogP contribution in [-0.2, 0) is 13.2 Å². The molecule has 22 heavy (non-hydrogen) atoms. The molecule has 0 spiro atoms. The minimum atomic E-state index is 0.0215. The Morgan fingerprint density at radius 2 is 1.95 bits per heavy atom. The van der Waals surface area contributed by atoms with Crippen molar-refractivity contribution >= 4 is 5.69 Å². The number of anilines is 1. The SMILES string of the molecule is Cc1ccc(-c2noc(CNc3cccc(CO)c3)n2)cc1. The van der Waals surface area contributed by atoms with Gasteiger partial charge in [-0.2, -0.15) is 4.98 Å². The lowest BCUT2D eigenvalue weighted by Gasteiger charge is -2.04. The van der Waals surface area contributed by atoms with Crippen molar-refractivity contribution in [1.82, 2.24) is 10.1 Å². The fourth-order valence-corrected chi connectivity index (χ4v) is 2.10. The number of hydrogen-bond donors (Lipinski definition) is 2. The Morgan fingerprint density at radius 1 is 1.14 bits per heavy atom. The van der Waals surface area contributed by atoms with Gasteiger partial charge in [-0.05, 0) is 24.6 Å². The van der Waals surface area contributed by atoms with Crippen molar-refractivity contribution in [3.05, 3.63) is 65.5 Å². The molecule has 0 radical (unpaired) electrons. The predicted octanol–water partition coefficient (Wildman–Crippen LogP) is 3.15. The molecule has 0 aliphatic heterocycles. The Balaban J connectivity index is 1.67. The molecule has 1 heterocycles. The number of nitrogens with one attached hydrogen (secondary N) is 1. The fraction of sp³-hybridized carbons (Fsp3) is 0.176. The first-order valence-corrected chi connectivity index (χ1v) is 7.08. The maximum Gasteiger partial charge on any atom is 0.246 e. The van der Waals surface area contributed by atoms with E-state index in [1.54, 1.807) is 0 Å². The summed E-state index contributed by atoms with van der Waals surface area (Å²) in [5, 5.41) is 16.3. The monoisotopic (exact) mass is 295 g/mol. The highest BCUT2D eigenvalue weighted by Crippen LogP contribution is 2.17. The topological polar surface area (TPSA) is 71.2 Å². The van der Waals surface area contributed by atoms with E-state index < -0.39 is 0 Å². The Labute approximate surface area is 128 Å². The van der Waals surface area contributed by atoms with E-state index in [1.165, 1.54) is 5.56 Å². The molecule has 1 aromatic heterocycles. The third-order valence-electron chi connectivity index (χ3n) is 3.33. The normalized spacial score (nSPS) is 10.6. The van der Waals surface area contributed by atoms with Gasteiger partial charge < -0.3 is 14.9 Å². The van der Waals surface area contributed by atoms with Crippen molar-refractivity contribution in [2.24, 2.45) is 0 Å². The molecule has 112 valence electrons. The third kappa shape index (κ3) is 3.32. The van der Waals surface area contributed by atoms with E-state index in [0.29, 0.717) is 18.3 Å². The van der Waals surface area contributed by atoms with Gasteiger partial charge in [0.25, 0.3) is 0 Å². The van der Waals surface area contributed by atoms with Crippen LogP contribution in [0.3, 0.4) is 0 Å². The first-order chi connectivity index (χ1) is 10.7. The van der Waals surface area contributed by atoms with E-state index in [9.17, 15) is 0 Å². The lowest BCUT2D eigenvalue weighted by molar-refractivity contribution is 0.282. The van der Waals surface area contributed by atoms with Gasteiger partial charge in [0.2, 0.25) is 11.7 Å². The average molecular weight is 295 g/mol. The van der Waals surface area contributed by atoms with Crippen LogP contribution in [-0.4, -0.2) is 15.2 Å². The van der Waals surface area contributed by atoms with Gasteiger partial charge in [0.1, 0.15) is 0 Å². The van der Waals surface area contributed by atoms with Gasteiger partial charge >= 0.3 is 0 Å². The van der Waals surface area contributed by atoms with Crippen molar-refractivity contribution in [2.45, 2.75) is 20.1 Å². The van der Waals surface area contributed by atoms with Crippen molar-refractivity contribution in [1.29, 1.82) is 0 Å². The molecule has 2 aromatic carbocycles. The molecule has 0 unspecified atom stereocenters. The first kappa shape index (κ1) is 14.3. The van der Waals surface area contributed by atoms with Crippen LogP contribution < -0.4 is 5.32 Å². The minimum absolute atomic E-state index is 0.0215. The van der Waals surface area contributed by atoms with Crippen LogP contribution in [0.25, 0.3) is 11.4 Å². The lowest BCUT2D eigenvalue weighted by atomic mass is 10.1. The molecule has 2 N–H and O–H groups in total. The Hall–Kier alpha value is -2.66. The number of aromatic nitrogens is 2. The van der Waals surface area contributed by atoms with E-state index in [0.717, 1.165) is 16.8 Å². The molecular formula is C17H17N3O2. The molecule has 0 aliphatic rings. The van der Waals surface area contributed by atoms with Crippen LogP contribution >= 0.6 is 0 Å². The molecule has 0 atom stereocenters. The molecular weight excluding hydrogens is 278 g/mol. The summed E-state index contributed by atoms with van der Waals surface area (Å²) in [5.41, 5.74) is 3.89. The van der Waals surface area contributed by atoms with Crippen LogP contribution in [0.4, 0.5) is 5.69 Å². The molecule has 0 bridgehead atoms. The quantitative estimate of drug-likeness (QED) is 0.756. The number of aliphatic hydroxyl groups excluding tert-OH is 1. The van der Waals surface area contributed by atoms with Crippen LogP contribution in [0, 0.1) is 6.92 Å². The summed E-state index contributed by atoms with van der Waals surface area (Å²) >= 11 is 0. The van der Waals surface area contributed by atoms with Crippen molar-refractivity contribution in [2.75, 3.05) is 5.32 Å². The summed E-state index contributed by atoms with van der Waals surface area (Å²) < 4.78 is 5.25. The fourth-order valence-electron chi connectivity index (χ4n) is 2.10. The van der Waals surface area contributed by atoms with E-state index in [4.69, 9.17) is 9.63 Å². The highest BCUT2D eigenvalue weighted by Gasteiger charge is 2.08. The maximum atomic E-state index is 9.13. The number of aryl methyl sites for hydroxylation is 1. The number of rotatable bonds is 5. The third-order valence-corrected chi connectivity index (χ3v) is 3.33. The molecule has 5 heteroatoms. The van der Waals surface area contributed by atoms with Gasteiger partial charge in [-0.3, -0.25) is 0 Å². The highest BCUT2D eigenvalue weighted by molar-refractivity contribution is 5.54. The summed E-state index contributed by atoms with van der Waals surface area (Å²) in [6, 6.07) is 15.6. The van der Waals surface area contributed by atoms with Crippen LogP contribution in [0.5, 0.6) is 0 Å². The number of hydrogen-bond acceptors (Lipinski definition) is 5. The zero-order valence-corrected chi connectivity index (χ0v) is 12.3. The van der Waals surface area contributed by atoms with Gasteiger partial charge in [-0.1, -0.05) is 47.1 Å². The van der Waals surface area contributed by atoms with E-state index in [1.807, 2.05) is 55.5 Å². The van der Waals surface area contributed by atoms with E-state index in [-0.39, 0.29) is 6.61 Å². The minimum Gasteiger partial charge on any atom is -0.392 e. The smallest absolute Gasteiger partial charge is 0.246 e. The van der Waals surface area contributed by atoms with Crippen LogP contribution in [0.15, 0.2) is 53.1 Å². The Morgan fingerprint density at radius 3 is 2.73 bits per heavy atom. The summed E-state index contributed by atoms with van der Waals surface area (Å²) in [6.45, 7) is 2.50.